The minimum Gasteiger partial charge on any atom is -0.493 e. The lowest BCUT2D eigenvalue weighted by Crippen LogP contribution is -2.41. The fourth-order valence-electron chi connectivity index (χ4n) is 3.88. The van der Waals surface area contributed by atoms with Crippen LogP contribution >= 0.6 is 0 Å². The largest absolute Gasteiger partial charge is 0.493 e. The molecule has 0 atom stereocenters. The predicted octanol–water partition coefficient (Wildman–Crippen LogP) is 3.76. The molecule has 0 saturated carbocycles. The highest BCUT2D eigenvalue weighted by atomic mass is 16.7. The van der Waals surface area contributed by atoms with Gasteiger partial charge in [0.15, 0.2) is 11.5 Å². The van der Waals surface area contributed by atoms with E-state index in [1.54, 1.807) is 0 Å². The fourth-order valence-corrected chi connectivity index (χ4v) is 3.88. The van der Waals surface area contributed by atoms with Gasteiger partial charge in [-0.1, -0.05) is 6.92 Å². The number of rotatable bonds is 8. The van der Waals surface area contributed by atoms with Crippen LogP contribution in [-0.2, 0) is 6.54 Å². The maximum atomic E-state index is 5.97. The second kappa shape index (κ2) is 8.96. The van der Waals surface area contributed by atoms with Crippen LogP contribution in [0.3, 0.4) is 0 Å². The lowest BCUT2D eigenvalue weighted by molar-refractivity contribution is 0.127. The molecule has 146 valence electrons. The number of ether oxygens (including phenoxy) is 3. The predicted molar refractivity (Wildman–Crippen MR) is 104 cm³/mol. The summed E-state index contributed by atoms with van der Waals surface area (Å²) in [6, 6.07) is 4.74. The van der Waals surface area contributed by atoms with Crippen molar-refractivity contribution in [3.63, 3.8) is 0 Å². The molecule has 1 saturated heterocycles. The Kier molecular flexibility index (Phi) is 6.65. The van der Waals surface area contributed by atoms with E-state index in [1.165, 1.54) is 31.5 Å². The second-order valence-electron chi connectivity index (χ2n) is 7.93. The van der Waals surface area contributed by atoms with Gasteiger partial charge in [0.05, 0.1) is 6.61 Å². The monoisotopic (exact) mass is 362 g/mol. The number of benzene rings is 1. The number of piperidine rings is 1. The zero-order chi connectivity index (χ0) is 18.5. The highest BCUT2D eigenvalue weighted by molar-refractivity contribution is 5.51. The third-order valence-corrected chi connectivity index (χ3v) is 5.41. The first-order valence-corrected chi connectivity index (χ1v) is 10.0. The first-order chi connectivity index (χ1) is 12.6. The van der Waals surface area contributed by atoms with Gasteiger partial charge in [-0.15, -0.1) is 0 Å². The Hall–Kier alpha value is -1.46. The molecule has 0 spiro atoms. The molecule has 0 radical (unpaired) electrons. The molecule has 0 unspecified atom stereocenters. The highest BCUT2D eigenvalue weighted by Crippen LogP contribution is 2.38. The van der Waals surface area contributed by atoms with Crippen molar-refractivity contribution in [3.05, 3.63) is 17.7 Å². The van der Waals surface area contributed by atoms with Gasteiger partial charge in [0.2, 0.25) is 6.79 Å². The Labute approximate surface area is 158 Å². The molecule has 5 nitrogen and oxygen atoms in total. The average molecular weight is 363 g/mol. The van der Waals surface area contributed by atoms with Crippen molar-refractivity contribution < 1.29 is 14.2 Å². The molecular weight excluding hydrogens is 328 g/mol. The molecule has 1 aromatic rings. The summed E-state index contributed by atoms with van der Waals surface area (Å²) < 4.78 is 17.0. The van der Waals surface area contributed by atoms with Crippen molar-refractivity contribution in [1.82, 2.24) is 9.80 Å². The second-order valence-corrected chi connectivity index (χ2v) is 7.93. The first-order valence-electron chi connectivity index (χ1n) is 10.0. The topological polar surface area (TPSA) is 34.2 Å². The van der Waals surface area contributed by atoms with Crippen LogP contribution in [0.1, 0.15) is 45.6 Å². The summed E-state index contributed by atoms with van der Waals surface area (Å²) in [6.07, 6.45) is 3.59. The van der Waals surface area contributed by atoms with Crippen molar-refractivity contribution in [2.45, 2.75) is 52.6 Å². The number of likely N-dealkylation sites (tertiary alicyclic amines) is 1. The van der Waals surface area contributed by atoms with Crippen molar-refractivity contribution in [2.24, 2.45) is 5.92 Å². The molecule has 0 N–H and O–H groups in total. The van der Waals surface area contributed by atoms with Gasteiger partial charge in [-0.05, 0) is 65.2 Å². The zero-order valence-corrected chi connectivity index (χ0v) is 16.8. The summed E-state index contributed by atoms with van der Waals surface area (Å²) in [5.41, 5.74) is 1.19. The van der Waals surface area contributed by atoms with Gasteiger partial charge in [-0.2, -0.15) is 0 Å². The SMILES string of the molecule is CCCOc1cc2c(cc1CN(C)CC1CCN(C(C)C)CC1)OCO2. The molecule has 2 aliphatic heterocycles. The van der Waals surface area contributed by atoms with Gasteiger partial charge in [0, 0.05) is 30.8 Å². The van der Waals surface area contributed by atoms with E-state index in [2.05, 4.69) is 43.7 Å². The number of hydrogen-bond acceptors (Lipinski definition) is 5. The summed E-state index contributed by atoms with van der Waals surface area (Å²) in [7, 11) is 2.21. The number of fused-ring (bicyclic) bond motifs is 1. The third-order valence-electron chi connectivity index (χ3n) is 5.41. The van der Waals surface area contributed by atoms with E-state index in [1.807, 2.05) is 6.07 Å². The maximum Gasteiger partial charge on any atom is 0.231 e. The molecular formula is C21H34N2O3. The minimum atomic E-state index is 0.302. The lowest BCUT2D eigenvalue weighted by atomic mass is 9.95. The van der Waals surface area contributed by atoms with Gasteiger partial charge < -0.3 is 24.0 Å². The normalized spacial score (nSPS) is 18.1. The standard InChI is InChI=1S/C21H34N2O3/c1-5-10-24-19-12-21-20(25-15-26-21)11-18(19)14-22(4)13-17-6-8-23(9-7-17)16(2)3/h11-12,16-17H,5-10,13-15H2,1-4H3. The fraction of sp³-hybridized carbons (Fsp3) is 0.714. The highest BCUT2D eigenvalue weighted by Gasteiger charge is 2.23. The molecule has 2 heterocycles. The first kappa shape index (κ1) is 19.3. The van der Waals surface area contributed by atoms with Crippen LogP contribution in [0.25, 0.3) is 0 Å². The van der Waals surface area contributed by atoms with E-state index >= 15 is 0 Å². The lowest BCUT2D eigenvalue weighted by Gasteiger charge is -2.36. The molecule has 0 amide bonds. The van der Waals surface area contributed by atoms with Crippen molar-refractivity contribution in [2.75, 3.05) is 40.1 Å². The average Bonchev–Trinajstić information content (AvgIpc) is 3.07. The van der Waals surface area contributed by atoms with Crippen molar-refractivity contribution in [3.8, 4) is 17.2 Å². The molecule has 1 aromatic carbocycles. The molecule has 0 bridgehead atoms. The van der Waals surface area contributed by atoms with Crippen LogP contribution in [0.2, 0.25) is 0 Å². The smallest absolute Gasteiger partial charge is 0.231 e. The maximum absolute atomic E-state index is 5.97. The third kappa shape index (κ3) is 4.83. The van der Waals surface area contributed by atoms with Gasteiger partial charge in [0.1, 0.15) is 5.75 Å². The van der Waals surface area contributed by atoms with E-state index in [9.17, 15) is 0 Å². The summed E-state index contributed by atoms with van der Waals surface area (Å²) in [5.74, 6) is 3.34. The molecule has 1 fully saturated rings. The van der Waals surface area contributed by atoms with Crippen LogP contribution in [0.4, 0.5) is 0 Å². The Morgan fingerprint density at radius 1 is 1.19 bits per heavy atom. The van der Waals surface area contributed by atoms with E-state index < -0.39 is 0 Å². The van der Waals surface area contributed by atoms with Crippen LogP contribution in [0.15, 0.2) is 12.1 Å². The number of hydrogen-bond donors (Lipinski definition) is 0. The minimum absolute atomic E-state index is 0.302. The Morgan fingerprint density at radius 3 is 2.54 bits per heavy atom. The van der Waals surface area contributed by atoms with Crippen LogP contribution in [-0.4, -0.2) is 55.9 Å². The molecule has 0 aliphatic carbocycles. The van der Waals surface area contributed by atoms with E-state index in [0.717, 1.165) is 49.3 Å². The van der Waals surface area contributed by atoms with E-state index in [0.29, 0.717) is 12.8 Å². The Balaban J connectivity index is 1.59. The van der Waals surface area contributed by atoms with Gasteiger partial charge in [-0.3, -0.25) is 0 Å². The molecule has 5 heteroatoms. The zero-order valence-electron chi connectivity index (χ0n) is 16.8. The van der Waals surface area contributed by atoms with Crippen LogP contribution in [0.5, 0.6) is 17.2 Å². The Morgan fingerprint density at radius 2 is 1.88 bits per heavy atom. The van der Waals surface area contributed by atoms with E-state index in [4.69, 9.17) is 14.2 Å². The Bertz CT molecular complexity index is 583. The van der Waals surface area contributed by atoms with Gasteiger partial charge in [-0.25, -0.2) is 0 Å². The molecule has 26 heavy (non-hydrogen) atoms. The van der Waals surface area contributed by atoms with Crippen LogP contribution < -0.4 is 14.2 Å². The quantitative estimate of drug-likeness (QED) is 0.703. The van der Waals surface area contributed by atoms with Gasteiger partial charge >= 0.3 is 0 Å². The van der Waals surface area contributed by atoms with Crippen LogP contribution in [0, 0.1) is 5.92 Å². The van der Waals surface area contributed by atoms with E-state index in [-0.39, 0.29) is 0 Å². The molecule has 2 aliphatic rings. The molecule has 3 rings (SSSR count). The number of nitrogens with zero attached hydrogens (tertiary/aromatic N) is 2. The molecule has 0 aromatic heterocycles. The summed E-state index contributed by atoms with van der Waals surface area (Å²) in [6.45, 7) is 12.2. The van der Waals surface area contributed by atoms with Crippen molar-refractivity contribution >= 4 is 0 Å². The summed E-state index contributed by atoms with van der Waals surface area (Å²) in [4.78, 5) is 5.01. The van der Waals surface area contributed by atoms with Gasteiger partial charge in [0.25, 0.3) is 0 Å². The van der Waals surface area contributed by atoms with Crippen molar-refractivity contribution in [1.29, 1.82) is 0 Å². The summed E-state index contributed by atoms with van der Waals surface area (Å²) in [5, 5.41) is 0. The summed E-state index contributed by atoms with van der Waals surface area (Å²) >= 11 is 0.